The predicted molar refractivity (Wildman–Crippen MR) is 50.2 cm³/mol. The Morgan fingerprint density at radius 1 is 1.62 bits per heavy atom. The number of ether oxygens (including phenoxy) is 1. The van der Waals surface area contributed by atoms with Crippen molar-refractivity contribution < 1.29 is 9.53 Å². The molecule has 2 aliphatic carbocycles. The summed E-state index contributed by atoms with van der Waals surface area (Å²) >= 11 is 0. The molecule has 0 aromatic heterocycles. The number of fused-ring (bicyclic) bond motifs is 1. The van der Waals surface area contributed by atoms with Crippen molar-refractivity contribution in [1.29, 1.82) is 0 Å². The van der Waals surface area contributed by atoms with E-state index in [0.717, 1.165) is 23.8 Å². The third-order valence-electron chi connectivity index (χ3n) is 3.22. The van der Waals surface area contributed by atoms with Gasteiger partial charge in [-0.2, -0.15) is 0 Å². The standard InChI is InChI=1S/C11H16O2/c1-3-13-11(12)7(2)9-5-4-8-6-10(8)9/h8,10H,3-6H2,1-2H3/b9-7+. The van der Waals surface area contributed by atoms with E-state index in [9.17, 15) is 4.79 Å². The molecule has 2 unspecified atom stereocenters. The van der Waals surface area contributed by atoms with E-state index in [-0.39, 0.29) is 5.97 Å². The van der Waals surface area contributed by atoms with Crippen LogP contribution in [0.15, 0.2) is 11.1 Å². The molecule has 2 atom stereocenters. The summed E-state index contributed by atoms with van der Waals surface area (Å²) in [6.45, 7) is 4.25. The van der Waals surface area contributed by atoms with Gasteiger partial charge in [0.2, 0.25) is 0 Å². The summed E-state index contributed by atoms with van der Waals surface area (Å²) in [6.07, 6.45) is 3.73. The van der Waals surface area contributed by atoms with Crippen molar-refractivity contribution in [3.63, 3.8) is 0 Å². The summed E-state index contributed by atoms with van der Waals surface area (Å²) in [5, 5.41) is 0. The number of esters is 1. The first-order chi connectivity index (χ1) is 6.24. The Morgan fingerprint density at radius 2 is 2.38 bits per heavy atom. The fourth-order valence-electron chi connectivity index (χ4n) is 2.36. The third kappa shape index (κ3) is 1.50. The van der Waals surface area contributed by atoms with E-state index in [1.165, 1.54) is 18.4 Å². The molecule has 2 aliphatic rings. The molecule has 0 aliphatic heterocycles. The van der Waals surface area contributed by atoms with Gasteiger partial charge < -0.3 is 4.74 Å². The topological polar surface area (TPSA) is 26.3 Å². The Bertz CT molecular complexity index is 265. The minimum Gasteiger partial charge on any atom is -0.463 e. The molecule has 2 heteroatoms. The molecule has 2 fully saturated rings. The molecular formula is C11H16O2. The van der Waals surface area contributed by atoms with Crippen molar-refractivity contribution in [3.05, 3.63) is 11.1 Å². The minimum atomic E-state index is -0.106. The molecule has 0 radical (unpaired) electrons. The number of carbonyl (C=O) groups is 1. The summed E-state index contributed by atoms with van der Waals surface area (Å²) in [7, 11) is 0. The lowest BCUT2D eigenvalue weighted by Gasteiger charge is -2.06. The number of carbonyl (C=O) groups excluding carboxylic acids is 1. The second-order valence-corrected chi connectivity index (χ2v) is 4.01. The lowest BCUT2D eigenvalue weighted by Crippen LogP contribution is -2.07. The van der Waals surface area contributed by atoms with Gasteiger partial charge in [-0.3, -0.25) is 0 Å². The fourth-order valence-corrected chi connectivity index (χ4v) is 2.36. The molecule has 0 spiro atoms. The van der Waals surface area contributed by atoms with E-state index in [2.05, 4.69) is 0 Å². The van der Waals surface area contributed by atoms with E-state index in [1.54, 1.807) is 0 Å². The average Bonchev–Trinajstić information content (AvgIpc) is 2.78. The Morgan fingerprint density at radius 3 is 2.85 bits per heavy atom. The van der Waals surface area contributed by atoms with E-state index in [4.69, 9.17) is 4.74 Å². The van der Waals surface area contributed by atoms with Crippen LogP contribution in [0.4, 0.5) is 0 Å². The average molecular weight is 180 g/mol. The van der Waals surface area contributed by atoms with Crippen molar-refractivity contribution in [2.24, 2.45) is 11.8 Å². The fraction of sp³-hybridized carbons (Fsp3) is 0.727. The van der Waals surface area contributed by atoms with Gasteiger partial charge in [-0.05, 0) is 44.9 Å². The monoisotopic (exact) mass is 180 g/mol. The van der Waals surface area contributed by atoms with Crippen molar-refractivity contribution in [3.8, 4) is 0 Å². The first kappa shape index (κ1) is 8.79. The number of hydrogen-bond donors (Lipinski definition) is 0. The van der Waals surface area contributed by atoms with Crippen molar-refractivity contribution in [1.82, 2.24) is 0 Å². The zero-order valence-corrected chi connectivity index (χ0v) is 8.30. The quantitative estimate of drug-likeness (QED) is 0.481. The summed E-state index contributed by atoms with van der Waals surface area (Å²) < 4.78 is 4.99. The molecule has 72 valence electrons. The van der Waals surface area contributed by atoms with Gasteiger partial charge in [-0.25, -0.2) is 4.79 Å². The molecule has 0 amide bonds. The van der Waals surface area contributed by atoms with Gasteiger partial charge in [0.15, 0.2) is 0 Å². The highest BCUT2D eigenvalue weighted by Crippen LogP contribution is 2.55. The summed E-state index contributed by atoms with van der Waals surface area (Å²) in [6, 6.07) is 0. The molecular weight excluding hydrogens is 164 g/mol. The molecule has 2 rings (SSSR count). The summed E-state index contributed by atoms with van der Waals surface area (Å²) in [4.78, 5) is 11.4. The van der Waals surface area contributed by atoms with Crippen LogP contribution in [-0.2, 0) is 9.53 Å². The van der Waals surface area contributed by atoms with Crippen LogP contribution in [0.25, 0.3) is 0 Å². The molecule has 0 bridgehead atoms. The van der Waals surface area contributed by atoms with Crippen LogP contribution < -0.4 is 0 Å². The van der Waals surface area contributed by atoms with Crippen LogP contribution in [0.3, 0.4) is 0 Å². The highest BCUT2D eigenvalue weighted by atomic mass is 16.5. The molecule has 0 heterocycles. The van der Waals surface area contributed by atoms with Gasteiger partial charge in [0.25, 0.3) is 0 Å². The van der Waals surface area contributed by atoms with Gasteiger partial charge in [0.05, 0.1) is 6.61 Å². The Labute approximate surface area is 79.0 Å². The van der Waals surface area contributed by atoms with Crippen LogP contribution in [0.1, 0.15) is 33.1 Å². The second-order valence-electron chi connectivity index (χ2n) is 4.01. The van der Waals surface area contributed by atoms with Gasteiger partial charge in [-0.15, -0.1) is 0 Å². The number of hydrogen-bond acceptors (Lipinski definition) is 2. The number of rotatable bonds is 2. The maximum atomic E-state index is 11.4. The predicted octanol–water partition coefficient (Wildman–Crippen LogP) is 2.30. The molecule has 13 heavy (non-hydrogen) atoms. The van der Waals surface area contributed by atoms with Crippen molar-refractivity contribution in [2.45, 2.75) is 33.1 Å². The maximum Gasteiger partial charge on any atom is 0.333 e. The van der Waals surface area contributed by atoms with Crippen LogP contribution in [0.2, 0.25) is 0 Å². The largest absolute Gasteiger partial charge is 0.463 e. The first-order valence-corrected chi connectivity index (χ1v) is 5.10. The highest BCUT2D eigenvalue weighted by molar-refractivity contribution is 5.89. The van der Waals surface area contributed by atoms with Crippen LogP contribution in [0, 0.1) is 11.8 Å². The molecule has 0 saturated heterocycles. The zero-order chi connectivity index (χ0) is 9.42. The lowest BCUT2D eigenvalue weighted by molar-refractivity contribution is -0.138. The van der Waals surface area contributed by atoms with Crippen LogP contribution in [0.5, 0.6) is 0 Å². The van der Waals surface area contributed by atoms with E-state index in [0.29, 0.717) is 6.61 Å². The van der Waals surface area contributed by atoms with E-state index in [1.807, 2.05) is 13.8 Å². The maximum absolute atomic E-state index is 11.4. The SMILES string of the molecule is CCOC(=O)/C(C)=C1\CCC2CC12. The third-order valence-corrected chi connectivity index (χ3v) is 3.22. The van der Waals surface area contributed by atoms with E-state index >= 15 is 0 Å². The van der Waals surface area contributed by atoms with Crippen molar-refractivity contribution >= 4 is 5.97 Å². The normalized spacial score (nSPS) is 34.0. The minimum absolute atomic E-state index is 0.106. The molecule has 0 N–H and O–H groups in total. The van der Waals surface area contributed by atoms with Crippen LogP contribution in [-0.4, -0.2) is 12.6 Å². The molecule has 2 saturated carbocycles. The second kappa shape index (κ2) is 3.17. The van der Waals surface area contributed by atoms with Crippen molar-refractivity contribution in [2.75, 3.05) is 6.61 Å². The summed E-state index contributed by atoms with van der Waals surface area (Å²) in [5.41, 5.74) is 2.26. The van der Waals surface area contributed by atoms with Gasteiger partial charge in [-0.1, -0.05) is 5.57 Å². The Hall–Kier alpha value is -0.790. The molecule has 0 aromatic rings. The summed E-state index contributed by atoms with van der Waals surface area (Å²) in [5.74, 6) is 1.54. The Balaban J connectivity index is 2.09. The first-order valence-electron chi connectivity index (χ1n) is 5.10. The molecule has 0 aromatic carbocycles. The van der Waals surface area contributed by atoms with Gasteiger partial charge in [0, 0.05) is 5.57 Å². The highest BCUT2D eigenvalue weighted by Gasteiger charge is 2.45. The lowest BCUT2D eigenvalue weighted by atomic mass is 10.1. The number of allylic oxidation sites excluding steroid dienone is 1. The smallest absolute Gasteiger partial charge is 0.333 e. The Kier molecular flexibility index (Phi) is 2.14. The van der Waals surface area contributed by atoms with Gasteiger partial charge in [0.1, 0.15) is 0 Å². The zero-order valence-electron chi connectivity index (χ0n) is 8.30. The molecule has 2 nitrogen and oxygen atoms in total. The van der Waals surface area contributed by atoms with Gasteiger partial charge >= 0.3 is 5.97 Å². The van der Waals surface area contributed by atoms with E-state index < -0.39 is 0 Å². The van der Waals surface area contributed by atoms with Crippen LogP contribution >= 0.6 is 0 Å².